The predicted molar refractivity (Wildman–Crippen MR) is 137 cm³/mol. The average Bonchev–Trinajstić information content (AvgIpc) is 3.47. The maximum atomic E-state index is 13.9. The van der Waals surface area contributed by atoms with Crippen molar-refractivity contribution in [3.63, 3.8) is 0 Å². The van der Waals surface area contributed by atoms with Crippen molar-refractivity contribution < 1.29 is 14.0 Å². The number of aromatic nitrogens is 3. The van der Waals surface area contributed by atoms with E-state index in [-0.39, 0.29) is 29.7 Å². The lowest BCUT2D eigenvalue weighted by Gasteiger charge is -2.33. The molecule has 1 aliphatic carbocycles. The number of amides is 3. The van der Waals surface area contributed by atoms with E-state index in [1.165, 1.54) is 6.07 Å². The fourth-order valence-electron chi connectivity index (χ4n) is 5.75. The molecule has 6 rings (SSSR count). The number of para-hydroxylation sites is 1. The predicted octanol–water partition coefficient (Wildman–Crippen LogP) is 5.14. The number of halogens is 1. The molecule has 1 aromatic carbocycles. The van der Waals surface area contributed by atoms with Crippen LogP contribution in [0.1, 0.15) is 78.1 Å². The topological polar surface area (TPSA) is 83.4 Å². The van der Waals surface area contributed by atoms with Gasteiger partial charge in [0.15, 0.2) is 0 Å². The molecule has 9 heteroatoms. The van der Waals surface area contributed by atoms with E-state index in [0.29, 0.717) is 19.0 Å². The summed E-state index contributed by atoms with van der Waals surface area (Å²) in [6, 6.07) is 10.0. The van der Waals surface area contributed by atoms with Crippen molar-refractivity contribution in [2.75, 3.05) is 25.0 Å². The lowest BCUT2D eigenvalue weighted by atomic mass is 10.0. The minimum absolute atomic E-state index is 0.0489. The lowest BCUT2D eigenvalue weighted by molar-refractivity contribution is 0.0734. The Balaban J connectivity index is 1.16. The third kappa shape index (κ3) is 4.70. The quantitative estimate of drug-likeness (QED) is 0.524. The third-order valence-electron chi connectivity index (χ3n) is 7.82. The van der Waals surface area contributed by atoms with Gasteiger partial charge >= 0.3 is 6.03 Å². The van der Waals surface area contributed by atoms with Gasteiger partial charge in [-0.2, -0.15) is 5.10 Å². The summed E-state index contributed by atoms with van der Waals surface area (Å²) in [6.45, 7) is 1.84. The van der Waals surface area contributed by atoms with Gasteiger partial charge in [-0.25, -0.2) is 9.18 Å². The van der Waals surface area contributed by atoms with Gasteiger partial charge in [0.25, 0.3) is 5.91 Å². The fraction of sp³-hybridized carbons (Fsp3) is 0.429. The Hall–Kier alpha value is -3.75. The number of hydrogen-bond donors (Lipinski definition) is 1. The average molecular weight is 503 g/mol. The van der Waals surface area contributed by atoms with Crippen LogP contribution in [0, 0.1) is 5.82 Å². The summed E-state index contributed by atoms with van der Waals surface area (Å²) in [4.78, 5) is 34.5. The van der Waals surface area contributed by atoms with Crippen LogP contribution >= 0.6 is 0 Å². The van der Waals surface area contributed by atoms with E-state index in [1.54, 1.807) is 35.5 Å². The molecule has 1 N–H and O–H groups in total. The number of rotatable bonds is 5. The van der Waals surface area contributed by atoms with E-state index < -0.39 is 5.82 Å². The Bertz CT molecular complexity index is 1280. The van der Waals surface area contributed by atoms with Gasteiger partial charge in [-0.3, -0.25) is 14.5 Å². The number of carbonyl (C=O) groups is 2. The third-order valence-corrected chi connectivity index (χ3v) is 7.82. The lowest BCUT2D eigenvalue weighted by Crippen LogP contribution is -2.42. The van der Waals surface area contributed by atoms with Crippen LogP contribution in [0.3, 0.4) is 0 Å². The van der Waals surface area contributed by atoms with Gasteiger partial charge in [0.05, 0.1) is 35.2 Å². The number of benzene rings is 1. The van der Waals surface area contributed by atoms with Crippen molar-refractivity contribution in [2.45, 2.75) is 56.5 Å². The SMILES string of the molecule is O=C(Nc1ccccc1F)N1CCC(n2ncc(C(=O)N3CCCC3c3cccnc3)c2C2CC2)CC1. The first-order chi connectivity index (χ1) is 18.1. The Morgan fingerprint density at radius 2 is 1.76 bits per heavy atom. The summed E-state index contributed by atoms with van der Waals surface area (Å²) in [5, 5.41) is 7.41. The largest absolute Gasteiger partial charge is 0.331 e. The number of piperidine rings is 1. The first-order valence-corrected chi connectivity index (χ1v) is 13.2. The molecule has 0 spiro atoms. The number of likely N-dealkylation sites (tertiary alicyclic amines) is 2. The molecule has 1 saturated carbocycles. The molecule has 2 aliphatic heterocycles. The number of hydrogen-bond acceptors (Lipinski definition) is 4. The summed E-state index contributed by atoms with van der Waals surface area (Å²) in [6.07, 6.45) is 10.9. The zero-order valence-corrected chi connectivity index (χ0v) is 20.7. The molecule has 8 nitrogen and oxygen atoms in total. The van der Waals surface area contributed by atoms with Gasteiger partial charge in [0.1, 0.15) is 5.82 Å². The van der Waals surface area contributed by atoms with Crippen LogP contribution in [-0.2, 0) is 0 Å². The van der Waals surface area contributed by atoms with Crippen molar-refractivity contribution in [1.82, 2.24) is 24.6 Å². The molecule has 2 saturated heterocycles. The number of anilines is 1. The Morgan fingerprint density at radius 3 is 2.49 bits per heavy atom. The van der Waals surface area contributed by atoms with E-state index in [0.717, 1.165) is 61.9 Å². The van der Waals surface area contributed by atoms with Crippen LogP contribution in [0.5, 0.6) is 0 Å². The molecule has 37 heavy (non-hydrogen) atoms. The molecular formula is C28H31FN6O2. The fourth-order valence-corrected chi connectivity index (χ4v) is 5.75. The zero-order valence-electron chi connectivity index (χ0n) is 20.7. The Labute approximate surface area is 215 Å². The smallest absolute Gasteiger partial charge is 0.321 e. The van der Waals surface area contributed by atoms with Crippen LogP contribution in [0.4, 0.5) is 14.9 Å². The molecular weight excluding hydrogens is 471 g/mol. The maximum Gasteiger partial charge on any atom is 0.321 e. The Morgan fingerprint density at radius 1 is 0.946 bits per heavy atom. The molecule has 4 heterocycles. The van der Waals surface area contributed by atoms with Gasteiger partial charge in [-0.1, -0.05) is 18.2 Å². The first-order valence-electron chi connectivity index (χ1n) is 13.2. The highest BCUT2D eigenvalue weighted by Crippen LogP contribution is 2.44. The normalized spacial score (nSPS) is 20.3. The summed E-state index contributed by atoms with van der Waals surface area (Å²) in [5.41, 5.74) is 3.04. The molecule has 3 amide bonds. The molecule has 1 unspecified atom stereocenters. The molecule has 3 fully saturated rings. The van der Waals surface area contributed by atoms with Crippen LogP contribution < -0.4 is 5.32 Å². The van der Waals surface area contributed by atoms with Crippen LogP contribution in [0.2, 0.25) is 0 Å². The number of urea groups is 1. The molecule has 2 aromatic heterocycles. The molecule has 192 valence electrons. The van der Waals surface area contributed by atoms with Gasteiger partial charge in [-0.15, -0.1) is 0 Å². The molecule has 3 aliphatic rings. The number of carbonyl (C=O) groups excluding carboxylic acids is 2. The van der Waals surface area contributed by atoms with E-state index in [1.807, 2.05) is 23.2 Å². The maximum absolute atomic E-state index is 13.9. The second kappa shape index (κ2) is 9.95. The zero-order chi connectivity index (χ0) is 25.4. The van der Waals surface area contributed by atoms with Crippen molar-refractivity contribution in [3.05, 3.63) is 77.6 Å². The van der Waals surface area contributed by atoms with Crippen LogP contribution in [0.15, 0.2) is 55.0 Å². The van der Waals surface area contributed by atoms with Crippen molar-refractivity contribution >= 4 is 17.6 Å². The number of nitrogens with one attached hydrogen (secondary N) is 1. The van der Waals surface area contributed by atoms with E-state index >= 15 is 0 Å². The van der Waals surface area contributed by atoms with Crippen LogP contribution in [0.25, 0.3) is 0 Å². The second-order valence-corrected chi connectivity index (χ2v) is 10.2. The minimum atomic E-state index is -0.447. The minimum Gasteiger partial charge on any atom is -0.331 e. The molecule has 3 aromatic rings. The summed E-state index contributed by atoms with van der Waals surface area (Å²) in [7, 11) is 0. The molecule has 0 radical (unpaired) electrons. The van der Waals surface area contributed by atoms with Crippen molar-refractivity contribution in [3.8, 4) is 0 Å². The van der Waals surface area contributed by atoms with Crippen molar-refractivity contribution in [2.24, 2.45) is 0 Å². The van der Waals surface area contributed by atoms with Gasteiger partial charge < -0.3 is 15.1 Å². The van der Waals surface area contributed by atoms with Gasteiger partial charge in [0, 0.05) is 37.9 Å². The number of pyridine rings is 1. The van der Waals surface area contributed by atoms with E-state index in [2.05, 4.69) is 15.0 Å². The summed E-state index contributed by atoms with van der Waals surface area (Å²) in [5.74, 6) is -0.0261. The summed E-state index contributed by atoms with van der Waals surface area (Å²) < 4.78 is 16.0. The highest BCUT2D eigenvalue weighted by molar-refractivity contribution is 5.96. The second-order valence-electron chi connectivity index (χ2n) is 10.2. The highest BCUT2D eigenvalue weighted by Gasteiger charge is 2.39. The van der Waals surface area contributed by atoms with Crippen molar-refractivity contribution in [1.29, 1.82) is 0 Å². The Kier molecular flexibility index (Phi) is 6.36. The highest BCUT2D eigenvalue weighted by atomic mass is 19.1. The molecule has 0 bridgehead atoms. The number of nitrogens with zero attached hydrogens (tertiary/aromatic N) is 5. The van der Waals surface area contributed by atoms with Gasteiger partial charge in [0.2, 0.25) is 0 Å². The van der Waals surface area contributed by atoms with E-state index in [9.17, 15) is 14.0 Å². The first kappa shape index (κ1) is 23.6. The molecule has 1 atom stereocenters. The van der Waals surface area contributed by atoms with E-state index in [4.69, 9.17) is 5.10 Å². The van der Waals surface area contributed by atoms with Gasteiger partial charge in [-0.05, 0) is 62.3 Å². The summed E-state index contributed by atoms with van der Waals surface area (Å²) >= 11 is 0. The monoisotopic (exact) mass is 502 g/mol. The standard InChI is InChI=1S/C28H31FN6O2/c29-23-6-1-2-7-24(23)32-28(37)33-15-11-21(12-16-33)35-26(19-9-10-19)22(18-31-35)27(36)34-14-4-8-25(34)20-5-3-13-30-17-20/h1-3,5-7,13,17-19,21,25H,4,8-12,14-16H2,(H,32,37). The van der Waals surface area contributed by atoms with Crippen LogP contribution in [-0.4, -0.2) is 56.1 Å².